The third-order valence-electron chi connectivity index (χ3n) is 4.98. The molecular weight excluding hydrogens is 421 g/mol. The van der Waals surface area contributed by atoms with Gasteiger partial charge in [0, 0.05) is 19.0 Å². The molecule has 0 aromatic heterocycles. The zero-order valence-corrected chi connectivity index (χ0v) is 16.6. The van der Waals surface area contributed by atoms with Gasteiger partial charge >= 0.3 is 6.36 Å². The van der Waals surface area contributed by atoms with Crippen LogP contribution in [0.4, 0.5) is 13.2 Å². The standard InChI is InChI=1S/C20H19F3N2O4S/c21-20(22,23)29-17-9-7-16(8-10-17)28-15-5-3-14(4-6-15)18-2-1-11-25-12-13-30(26,27)24-19(18)25/h3-10,18H,1-2,11-13H2. The largest absolute Gasteiger partial charge is 0.573 e. The van der Waals surface area contributed by atoms with Crippen molar-refractivity contribution in [3.8, 4) is 17.2 Å². The molecule has 0 spiro atoms. The van der Waals surface area contributed by atoms with Crippen LogP contribution in [0.5, 0.6) is 17.2 Å². The summed E-state index contributed by atoms with van der Waals surface area (Å²) in [6, 6.07) is 12.3. The Balaban J connectivity index is 1.47. The van der Waals surface area contributed by atoms with Gasteiger partial charge in [0.1, 0.15) is 23.1 Å². The average Bonchev–Trinajstić information content (AvgIpc) is 2.68. The molecule has 2 aromatic carbocycles. The summed E-state index contributed by atoms with van der Waals surface area (Å²) >= 11 is 0. The quantitative estimate of drug-likeness (QED) is 0.709. The Labute approximate surface area is 172 Å². The molecule has 0 radical (unpaired) electrons. The van der Waals surface area contributed by atoms with Crippen molar-refractivity contribution < 1.29 is 31.1 Å². The lowest BCUT2D eigenvalue weighted by Gasteiger charge is -2.37. The Bertz CT molecular complexity index is 1040. The number of ether oxygens (including phenoxy) is 2. The van der Waals surface area contributed by atoms with Crippen LogP contribution in [0.25, 0.3) is 0 Å². The molecule has 4 rings (SSSR count). The van der Waals surface area contributed by atoms with Gasteiger partial charge < -0.3 is 14.4 Å². The van der Waals surface area contributed by atoms with Gasteiger partial charge in [0.05, 0.1) is 5.75 Å². The summed E-state index contributed by atoms with van der Waals surface area (Å²) < 4.78 is 74.1. The molecular formula is C20H19F3N2O4S. The molecule has 1 atom stereocenters. The van der Waals surface area contributed by atoms with Crippen molar-refractivity contribution in [1.29, 1.82) is 0 Å². The summed E-state index contributed by atoms with van der Waals surface area (Å²) in [6.07, 6.45) is -2.98. The zero-order valence-electron chi connectivity index (χ0n) is 15.8. The highest BCUT2D eigenvalue weighted by Gasteiger charge is 2.33. The normalized spacial score (nSPS) is 20.8. The smallest absolute Gasteiger partial charge is 0.457 e. The van der Waals surface area contributed by atoms with Gasteiger partial charge in [-0.25, -0.2) is 8.42 Å². The summed E-state index contributed by atoms with van der Waals surface area (Å²) in [5.74, 6) is 1.10. The van der Waals surface area contributed by atoms with Gasteiger partial charge in [-0.1, -0.05) is 12.1 Å². The van der Waals surface area contributed by atoms with E-state index in [4.69, 9.17) is 4.74 Å². The summed E-state index contributed by atoms with van der Waals surface area (Å²) in [7, 11) is -3.42. The van der Waals surface area contributed by atoms with Crippen LogP contribution in [0.2, 0.25) is 0 Å². The van der Waals surface area contributed by atoms with Crippen LogP contribution in [0.3, 0.4) is 0 Å². The molecule has 0 amide bonds. The topological polar surface area (TPSA) is 68.2 Å². The number of alkyl halides is 3. The monoisotopic (exact) mass is 440 g/mol. The maximum Gasteiger partial charge on any atom is 0.573 e. The minimum atomic E-state index is -4.74. The molecule has 2 aromatic rings. The fraction of sp³-hybridized carbons (Fsp3) is 0.350. The van der Waals surface area contributed by atoms with Gasteiger partial charge in [-0.05, 0) is 54.8 Å². The number of hydrogen-bond acceptors (Lipinski definition) is 5. The van der Waals surface area contributed by atoms with E-state index in [1.54, 1.807) is 12.1 Å². The lowest BCUT2D eigenvalue weighted by Crippen LogP contribution is -2.46. The third-order valence-corrected chi connectivity index (χ3v) is 6.15. The van der Waals surface area contributed by atoms with Gasteiger partial charge in [0.25, 0.3) is 10.0 Å². The number of benzene rings is 2. The molecule has 0 aliphatic carbocycles. The molecule has 0 N–H and O–H groups in total. The molecule has 2 heterocycles. The number of amidine groups is 1. The van der Waals surface area contributed by atoms with Crippen LogP contribution in [0.1, 0.15) is 24.3 Å². The lowest BCUT2D eigenvalue weighted by atomic mass is 9.89. The van der Waals surface area contributed by atoms with E-state index in [2.05, 4.69) is 9.13 Å². The third kappa shape index (κ3) is 4.86. The van der Waals surface area contributed by atoms with Crippen molar-refractivity contribution in [2.75, 3.05) is 18.8 Å². The Morgan fingerprint density at radius 3 is 2.17 bits per heavy atom. The first kappa shape index (κ1) is 20.5. The zero-order chi connectivity index (χ0) is 21.4. The number of halogens is 3. The van der Waals surface area contributed by atoms with Crippen LogP contribution in [-0.4, -0.2) is 44.4 Å². The maximum atomic E-state index is 12.2. The van der Waals surface area contributed by atoms with E-state index in [1.807, 2.05) is 17.0 Å². The van der Waals surface area contributed by atoms with E-state index in [-0.39, 0.29) is 17.4 Å². The number of rotatable bonds is 4. The van der Waals surface area contributed by atoms with Crippen molar-refractivity contribution in [3.05, 3.63) is 54.1 Å². The van der Waals surface area contributed by atoms with Gasteiger partial charge in [0.15, 0.2) is 0 Å². The summed E-state index contributed by atoms with van der Waals surface area (Å²) in [5, 5.41) is 0. The molecule has 1 fully saturated rings. The van der Waals surface area contributed by atoms with Crippen LogP contribution in [0.15, 0.2) is 52.9 Å². The molecule has 160 valence electrons. The maximum absolute atomic E-state index is 12.2. The Hall–Kier alpha value is -2.75. The lowest BCUT2D eigenvalue weighted by molar-refractivity contribution is -0.274. The second-order valence-electron chi connectivity index (χ2n) is 7.11. The molecule has 6 nitrogen and oxygen atoms in total. The van der Waals surface area contributed by atoms with Gasteiger partial charge in [-0.2, -0.15) is 0 Å². The molecule has 2 aliphatic heterocycles. The van der Waals surface area contributed by atoms with Gasteiger partial charge in [-0.15, -0.1) is 17.6 Å². The Morgan fingerprint density at radius 1 is 0.933 bits per heavy atom. The highest BCUT2D eigenvalue weighted by Crippen LogP contribution is 2.33. The number of fused-ring (bicyclic) bond motifs is 1. The number of nitrogens with zero attached hydrogens (tertiary/aromatic N) is 2. The van der Waals surface area contributed by atoms with E-state index in [9.17, 15) is 21.6 Å². The molecule has 2 aliphatic rings. The number of sulfonamides is 1. The van der Waals surface area contributed by atoms with Crippen LogP contribution in [-0.2, 0) is 10.0 Å². The average molecular weight is 440 g/mol. The predicted molar refractivity (Wildman–Crippen MR) is 104 cm³/mol. The van der Waals surface area contributed by atoms with E-state index in [0.29, 0.717) is 23.9 Å². The molecule has 10 heteroatoms. The SMILES string of the molecule is O=S1(=O)CCN2CCCC(c3ccc(Oc4ccc(OC(F)(F)F)cc4)cc3)C2=N1. The van der Waals surface area contributed by atoms with Gasteiger partial charge in [0.2, 0.25) is 0 Å². The molecule has 0 bridgehead atoms. The Morgan fingerprint density at radius 2 is 1.53 bits per heavy atom. The highest BCUT2D eigenvalue weighted by atomic mass is 32.2. The fourth-order valence-electron chi connectivity index (χ4n) is 3.64. The van der Waals surface area contributed by atoms with E-state index < -0.39 is 16.4 Å². The second-order valence-corrected chi connectivity index (χ2v) is 8.86. The van der Waals surface area contributed by atoms with Gasteiger partial charge in [-0.3, -0.25) is 0 Å². The number of piperidine rings is 1. The highest BCUT2D eigenvalue weighted by molar-refractivity contribution is 7.90. The first-order chi connectivity index (χ1) is 14.2. The van der Waals surface area contributed by atoms with Crippen LogP contribution < -0.4 is 9.47 Å². The van der Waals surface area contributed by atoms with E-state index in [0.717, 1.165) is 24.9 Å². The first-order valence-corrected chi connectivity index (χ1v) is 11.0. The van der Waals surface area contributed by atoms with Crippen LogP contribution in [0, 0.1) is 0 Å². The van der Waals surface area contributed by atoms with Crippen LogP contribution >= 0.6 is 0 Å². The Kier molecular flexibility index (Phi) is 5.35. The van der Waals surface area contributed by atoms with Crippen molar-refractivity contribution >= 4 is 15.9 Å². The number of hydrogen-bond donors (Lipinski definition) is 0. The first-order valence-electron chi connectivity index (χ1n) is 9.40. The van der Waals surface area contributed by atoms with E-state index in [1.165, 1.54) is 24.3 Å². The summed E-state index contributed by atoms with van der Waals surface area (Å²) in [6.45, 7) is 1.27. The molecule has 30 heavy (non-hydrogen) atoms. The van der Waals surface area contributed by atoms with Crippen molar-refractivity contribution in [2.24, 2.45) is 4.40 Å². The molecule has 0 saturated carbocycles. The van der Waals surface area contributed by atoms with Crippen molar-refractivity contribution in [1.82, 2.24) is 4.90 Å². The molecule has 1 saturated heterocycles. The van der Waals surface area contributed by atoms with Crippen molar-refractivity contribution in [3.63, 3.8) is 0 Å². The summed E-state index contributed by atoms with van der Waals surface area (Å²) in [5.41, 5.74) is 0.942. The molecule has 1 unspecified atom stereocenters. The minimum absolute atomic E-state index is 0.0444. The van der Waals surface area contributed by atoms with Crippen molar-refractivity contribution in [2.45, 2.75) is 25.1 Å². The summed E-state index contributed by atoms with van der Waals surface area (Å²) in [4.78, 5) is 2.03. The van der Waals surface area contributed by atoms with E-state index >= 15 is 0 Å². The second kappa shape index (κ2) is 7.82. The predicted octanol–water partition coefficient (Wildman–Crippen LogP) is 4.30. The minimum Gasteiger partial charge on any atom is -0.457 e. The fourth-order valence-corrected chi connectivity index (χ4v) is 4.71.